The minimum Gasteiger partial charge on any atom is -0.494 e. The Morgan fingerprint density at radius 3 is 2.67 bits per heavy atom. The largest absolute Gasteiger partial charge is 0.494 e. The minimum absolute atomic E-state index is 0.129. The lowest BCUT2D eigenvalue weighted by molar-refractivity contribution is -0.113. The van der Waals surface area contributed by atoms with E-state index in [4.69, 9.17) is 4.74 Å². The Bertz CT molecular complexity index is 587. The quantitative estimate of drug-likeness (QED) is 0.804. The molecule has 1 fully saturated rings. The molecule has 21 heavy (non-hydrogen) atoms. The van der Waals surface area contributed by atoms with Crippen molar-refractivity contribution in [2.75, 3.05) is 19.7 Å². The Kier molecular flexibility index (Phi) is 4.29. The van der Waals surface area contributed by atoms with Gasteiger partial charge in [0.05, 0.1) is 11.5 Å². The van der Waals surface area contributed by atoms with E-state index < -0.39 is 0 Å². The fourth-order valence-corrected chi connectivity index (χ4v) is 3.38. The van der Waals surface area contributed by atoms with Gasteiger partial charge < -0.3 is 9.64 Å². The first kappa shape index (κ1) is 14.2. The molecule has 2 aliphatic heterocycles. The topological polar surface area (TPSA) is 41.9 Å². The van der Waals surface area contributed by atoms with E-state index in [2.05, 4.69) is 9.89 Å². The van der Waals surface area contributed by atoms with Gasteiger partial charge in [0.15, 0.2) is 5.17 Å². The molecular formula is C16H18N2O2S. The summed E-state index contributed by atoms with van der Waals surface area (Å²) in [5.74, 6) is 0.717. The van der Waals surface area contributed by atoms with Gasteiger partial charge in [0, 0.05) is 13.1 Å². The molecule has 0 spiro atoms. The van der Waals surface area contributed by atoms with Crippen LogP contribution in [-0.2, 0) is 4.79 Å². The summed E-state index contributed by atoms with van der Waals surface area (Å²) in [6.45, 7) is 4.63. The van der Waals surface area contributed by atoms with E-state index >= 15 is 0 Å². The van der Waals surface area contributed by atoms with Crippen LogP contribution in [0.2, 0.25) is 0 Å². The first-order valence-corrected chi connectivity index (χ1v) is 8.08. The molecule has 4 nitrogen and oxygen atoms in total. The lowest BCUT2D eigenvalue weighted by atomic mass is 10.2. The van der Waals surface area contributed by atoms with Gasteiger partial charge in [-0.1, -0.05) is 12.1 Å². The van der Waals surface area contributed by atoms with Crippen molar-refractivity contribution in [3.8, 4) is 5.75 Å². The Morgan fingerprint density at radius 2 is 2.00 bits per heavy atom. The Balaban J connectivity index is 1.71. The fraction of sp³-hybridized carbons (Fsp3) is 0.375. The van der Waals surface area contributed by atoms with Crippen LogP contribution in [0, 0.1) is 0 Å². The van der Waals surface area contributed by atoms with Crippen molar-refractivity contribution in [3.63, 3.8) is 0 Å². The predicted molar refractivity (Wildman–Crippen MR) is 86.4 cm³/mol. The summed E-state index contributed by atoms with van der Waals surface area (Å²) in [4.78, 5) is 19.0. The van der Waals surface area contributed by atoms with Crippen molar-refractivity contribution in [1.82, 2.24) is 4.90 Å². The van der Waals surface area contributed by atoms with Crippen molar-refractivity contribution in [3.05, 3.63) is 34.7 Å². The highest BCUT2D eigenvalue weighted by atomic mass is 32.2. The highest BCUT2D eigenvalue weighted by molar-refractivity contribution is 8.18. The molecule has 0 N–H and O–H groups in total. The number of rotatable bonds is 3. The summed E-state index contributed by atoms with van der Waals surface area (Å²) >= 11 is 1.48. The molecule has 0 unspecified atom stereocenters. The van der Waals surface area contributed by atoms with Crippen molar-refractivity contribution in [2.24, 2.45) is 4.99 Å². The molecule has 0 atom stereocenters. The number of amides is 1. The molecule has 1 amide bonds. The van der Waals surface area contributed by atoms with Crippen LogP contribution >= 0.6 is 11.8 Å². The van der Waals surface area contributed by atoms with Crippen molar-refractivity contribution in [1.29, 1.82) is 0 Å². The number of benzene rings is 1. The lowest BCUT2D eigenvalue weighted by Gasteiger charge is -2.14. The van der Waals surface area contributed by atoms with Gasteiger partial charge in [-0.15, -0.1) is 0 Å². The number of aliphatic imine (C=N–C) groups is 1. The third-order valence-electron chi connectivity index (χ3n) is 3.47. The maximum absolute atomic E-state index is 12.0. The molecule has 1 aromatic rings. The van der Waals surface area contributed by atoms with Crippen LogP contribution in [0.4, 0.5) is 0 Å². The van der Waals surface area contributed by atoms with Crippen LogP contribution in [0.3, 0.4) is 0 Å². The first-order valence-electron chi connectivity index (χ1n) is 7.26. The Morgan fingerprint density at radius 1 is 1.29 bits per heavy atom. The Labute approximate surface area is 128 Å². The number of carbonyl (C=O) groups excluding carboxylic acids is 1. The smallest absolute Gasteiger partial charge is 0.286 e. The summed E-state index contributed by atoms with van der Waals surface area (Å²) < 4.78 is 5.41. The van der Waals surface area contributed by atoms with Crippen LogP contribution in [-0.4, -0.2) is 35.7 Å². The van der Waals surface area contributed by atoms with Gasteiger partial charge in [-0.2, -0.15) is 4.99 Å². The molecule has 1 saturated heterocycles. The second-order valence-corrected chi connectivity index (χ2v) is 6.02. The number of nitrogens with zero attached hydrogens (tertiary/aromatic N) is 2. The van der Waals surface area contributed by atoms with E-state index in [0.717, 1.165) is 29.6 Å². The molecule has 110 valence electrons. The van der Waals surface area contributed by atoms with Gasteiger partial charge in [0.1, 0.15) is 5.75 Å². The van der Waals surface area contributed by atoms with Crippen LogP contribution in [0.25, 0.3) is 6.08 Å². The van der Waals surface area contributed by atoms with Crippen LogP contribution in [0.5, 0.6) is 5.75 Å². The SMILES string of the molecule is CCOc1ccc(C=C2SC(N3CCCC3)=NC2=O)cc1. The summed E-state index contributed by atoms with van der Waals surface area (Å²) in [5, 5.41) is 0.856. The van der Waals surface area contributed by atoms with Gasteiger partial charge in [0.25, 0.3) is 5.91 Å². The van der Waals surface area contributed by atoms with Crippen molar-refractivity contribution in [2.45, 2.75) is 19.8 Å². The molecule has 1 aromatic carbocycles. The van der Waals surface area contributed by atoms with Gasteiger partial charge in [-0.3, -0.25) is 4.79 Å². The third-order valence-corrected chi connectivity index (χ3v) is 4.52. The molecule has 5 heteroatoms. The predicted octanol–water partition coefficient (Wildman–Crippen LogP) is 3.15. The molecule has 0 bridgehead atoms. The zero-order chi connectivity index (χ0) is 14.7. The molecule has 0 radical (unpaired) electrons. The van der Waals surface area contributed by atoms with Gasteiger partial charge in [-0.05, 0) is 55.3 Å². The average molecular weight is 302 g/mol. The molecule has 3 rings (SSSR count). The lowest BCUT2D eigenvalue weighted by Crippen LogP contribution is -2.23. The van der Waals surface area contributed by atoms with Gasteiger partial charge in [0.2, 0.25) is 0 Å². The van der Waals surface area contributed by atoms with E-state index in [-0.39, 0.29) is 5.91 Å². The first-order chi connectivity index (χ1) is 10.3. The van der Waals surface area contributed by atoms with E-state index in [9.17, 15) is 4.79 Å². The summed E-state index contributed by atoms with van der Waals surface area (Å²) in [6.07, 6.45) is 4.27. The summed E-state index contributed by atoms with van der Waals surface area (Å²) in [7, 11) is 0. The molecule has 0 saturated carbocycles. The van der Waals surface area contributed by atoms with Crippen molar-refractivity contribution < 1.29 is 9.53 Å². The highest BCUT2D eigenvalue weighted by Crippen LogP contribution is 2.31. The molecular weight excluding hydrogens is 284 g/mol. The van der Waals surface area contributed by atoms with E-state index in [0.29, 0.717) is 11.5 Å². The zero-order valence-electron chi connectivity index (χ0n) is 12.0. The third kappa shape index (κ3) is 3.29. The zero-order valence-corrected chi connectivity index (χ0v) is 12.9. The Hall–Kier alpha value is -1.75. The second kappa shape index (κ2) is 6.35. The number of amidine groups is 1. The van der Waals surface area contributed by atoms with Crippen LogP contribution in [0.1, 0.15) is 25.3 Å². The summed E-state index contributed by atoms with van der Waals surface area (Å²) in [6, 6.07) is 7.75. The number of carbonyl (C=O) groups is 1. The minimum atomic E-state index is -0.129. The second-order valence-electron chi connectivity index (χ2n) is 5.01. The number of ether oxygens (including phenoxy) is 1. The molecule has 0 aliphatic carbocycles. The monoisotopic (exact) mass is 302 g/mol. The average Bonchev–Trinajstić information content (AvgIpc) is 3.12. The normalized spacial score (nSPS) is 20.2. The number of hydrogen-bond acceptors (Lipinski definition) is 4. The highest BCUT2D eigenvalue weighted by Gasteiger charge is 2.27. The number of thioether (sulfide) groups is 1. The number of hydrogen-bond donors (Lipinski definition) is 0. The van der Waals surface area contributed by atoms with Gasteiger partial charge in [-0.25, -0.2) is 0 Å². The van der Waals surface area contributed by atoms with E-state index in [1.165, 1.54) is 24.6 Å². The number of likely N-dealkylation sites (tertiary alicyclic amines) is 1. The van der Waals surface area contributed by atoms with Crippen molar-refractivity contribution >= 4 is 28.9 Å². The van der Waals surface area contributed by atoms with Gasteiger partial charge >= 0.3 is 0 Å². The standard InChI is InChI=1S/C16H18N2O2S/c1-2-20-13-7-5-12(6-8-13)11-14-15(19)17-16(21-14)18-9-3-4-10-18/h5-8,11H,2-4,9-10H2,1H3. The molecule has 2 aliphatic rings. The van der Waals surface area contributed by atoms with Crippen LogP contribution in [0.15, 0.2) is 34.2 Å². The van der Waals surface area contributed by atoms with E-state index in [1.807, 2.05) is 37.3 Å². The molecule has 0 aromatic heterocycles. The fourth-order valence-electron chi connectivity index (χ4n) is 2.42. The molecule has 2 heterocycles. The maximum Gasteiger partial charge on any atom is 0.286 e. The maximum atomic E-state index is 12.0. The van der Waals surface area contributed by atoms with E-state index in [1.54, 1.807) is 0 Å². The van der Waals surface area contributed by atoms with Crippen LogP contribution < -0.4 is 4.74 Å². The summed E-state index contributed by atoms with van der Waals surface area (Å²) in [5.41, 5.74) is 0.993.